The highest BCUT2D eigenvalue weighted by atomic mass is 15.2. The Balaban J connectivity index is 2.00. The quantitative estimate of drug-likeness (QED) is 0.819. The molecule has 1 unspecified atom stereocenters. The Morgan fingerprint density at radius 2 is 2.17 bits per heavy atom. The smallest absolute Gasteiger partial charge is 0.222 e. The van der Waals surface area contributed by atoms with Crippen LogP contribution in [0.25, 0.3) is 0 Å². The zero-order valence-electron chi connectivity index (χ0n) is 13.6. The van der Waals surface area contributed by atoms with E-state index in [2.05, 4.69) is 38.6 Å². The average Bonchev–Trinajstić information content (AvgIpc) is 2.54. The first-order chi connectivity index (χ1) is 11.1. The zero-order valence-corrected chi connectivity index (χ0v) is 13.6. The molecule has 5 nitrogen and oxygen atoms in total. The van der Waals surface area contributed by atoms with Gasteiger partial charge in [0.05, 0.1) is 11.3 Å². The molecule has 1 atom stereocenters. The van der Waals surface area contributed by atoms with Crippen LogP contribution in [0.4, 0.5) is 11.8 Å². The van der Waals surface area contributed by atoms with Gasteiger partial charge in [0.2, 0.25) is 5.95 Å². The van der Waals surface area contributed by atoms with Crippen LogP contribution in [0.5, 0.6) is 0 Å². The summed E-state index contributed by atoms with van der Waals surface area (Å²) < 4.78 is 0. The van der Waals surface area contributed by atoms with Gasteiger partial charge in [-0.05, 0) is 37.8 Å². The van der Waals surface area contributed by atoms with Crippen LogP contribution in [0, 0.1) is 24.7 Å². The van der Waals surface area contributed by atoms with Crippen molar-refractivity contribution in [3.8, 4) is 11.8 Å². The first-order valence-corrected chi connectivity index (χ1v) is 7.94. The third-order valence-corrected chi connectivity index (χ3v) is 4.04. The largest absolute Gasteiger partial charge is 0.368 e. The minimum absolute atomic E-state index is 0.308. The van der Waals surface area contributed by atoms with Crippen molar-refractivity contribution in [1.82, 2.24) is 15.0 Å². The van der Waals surface area contributed by atoms with Crippen LogP contribution < -0.4 is 10.6 Å². The topological polar surface area (TPSA) is 67.9 Å². The molecule has 0 saturated carbocycles. The second-order valence-corrected chi connectivity index (χ2v) is 6.05. The molecule has 2 N–H and O–H groups in total. The molecule has 0 aromatic carbocycles. The van der Waals surface area contributed by atoms with E-state index in [9.17, 15) is 0 Å². The molecule has 2 aromatic rings. The molecule has 1 aliphatic rings. The average molecular weight is 307 g/mol. The predicted octanol–water partition coefficient (Wildman–Crippen LogP) is 2.40. The molecule has 0 amide bonds. The van der Waals surface area contributed by atoms with Gasteiger partial charge in [-0.25, -0.2) is 4.98 Å². The molecule has 0 radical (unpaired) electrons. The van der Waals surface area contributed by atoms with E-state index in [1.165, 1.54) is 12.8 Å². The normalized spacial score (nSPS) is 17.5. The number of rotatable bonds is 1. The number of piperidine rings is 1. The van der Waals surface area contributed by atoms with Gasteiger partial charge in [0.25, 0.3) is 0 Å². The minimum atomic E-state index is 0.308. The van der Waals surface area contributed by atoms with E-state index < -0.39 is 0 Å². The van der Waals surface area contributed by atoms with E-state index in [0.717, 1.165) is 35.7 Å². The number of hydrogen-bond donors (Lipinski definition) is 1. The maximum atomic E-state index is 5.87. The Kier molecular flexibility index (Phi) is 4.42. The predicted molar refractivity (Wildman–Crippen MR) is 92.0 cm³/mol. The van der Waals surface area contributed by atoms with Crippen LogP contribution in [-0.4, -0.2) is 28.0 Å². The number of nitrogens with two attached hydrogens (primary N) is 1. The number of nitrogen functional groups attached to an aromatic ring is 1. The number of pyridine rings is 1. The maximum Gasteiger partial charge on any atom is 0.222 e. The molecule has 1 aliphatic heterocycles. The summed E-state index contributed by atoms with van der Waals surface area (Å²) in [4.78, 5) is 15.1. The van der Waals surface area contributed by atoms with Gasteiger partial charge in [-0.3, -0.25) is 4.98 Å². The Morgan fingerprint density at radius 1 is 1.30 bits per heavy atom. The van der Waals surface area contributed by atoms with E-state index in [1.54, 1.807) is 12.4 Å². The van der Waals surface area contributed by atoms with Gasteiger partial charge >= 0.3 is 0 Å². The Labute approximate surface area is 137 Å². The number of hydrogen-bond acceptors (Lipinski definition) is 5. The molecule has 1 fully saturated rings. The number of aryl methyl sites for hydroxylation is 1. The van der Waals surface area contributed by atoms with Crippen LogP contribution >= 0.6 is 0 Å². The first kappa shape index (κ1) is 15.3. The van der Waals surface area contributed by atoms with Gasteiger partial charge in [-0.1, -0.05) is 18.8 Å². The molecule has 2 aromatic heterocycles. The Bertz CT molecular complexity index is 745. The van der Waals surface area contributed by atoms with Crippen molar-refractivity contribution in [3.63, 3.8) is 0 Å². The molecule has 3 heterocycles. The molecule has 0 aliphatic carbocycles. The maximum absolute atomic E-state index is 5.87. The molecule has 23 heavy (non-hydrogen) atoms. The van der Waals surface area contributed by atoms with Gasteiger partial charge < -0.3 is 10.6 Å². The molecule has 118 valence electrons. The summed E-state index contributed by atoms with van der Waals surface area (Å²) in [5, 5.41) is 0. The van der Waals surface area contributed by atoms with Crippen LogP contribution in [0.3, 0.4) is 0 Å². The van der Waals surface area contributed by atoms with Crippen molar-refractivity contribution in [3.05, 3.63) is 41.3 Å². The van der Waals surface area contributed by atoms with Crippen molar-refractivity contribution in [2.75, 3.05) is 23.7 Å². The van der Waals surface area contributed by atoms with Gasteiger partial charge in [0, 0.05) is 31.0 Å². The van der Waals surface area contributed by atoms with Crippen LogP contribution in [0.1, 0.15) is 36.6 Å². The molecule has 3 rings (SSSR count). The minimum Gasteiger partial charge on any atom is -0.368 e. The molecular weight excluding hydrogens is 286 g/mol. The monoisotopic (exact) mass is 307 g/mol. The highest BCUT2D eigenvalue weighted by Crippen LogP contribution is 2.26. The number of nitrogens with zero attached hydrogens (tertiary/aromatic N) is 4. The summed E-state index contributed by atoms with van der Waals surface area (Å²) in [7, 11) is 0. The third kappa shape index (κ3) is 3.59. The molecule has 5 heteroatoms. The van der Waals surface area contributed by atoms with E-state index in [0.29, 0.717) is 11.9 Å². The zero-order chi connectivity index (χ0) is 16.2. The molecule has 1 saturated heterocycles. The summed E-state index contributed by atoms with van der Waals surface area (Å²) in [6, 6.07) is 3.82. The fourth-order valence-electron chi connectivity index (χ4n) is 2.91. The Morgan fingerprint density at radius 3 is 2.91 bits per heavy atom. The Hall–Kier alpha value is -2.61. The van der Waals surface area contributed by atoms with E-state index in [1.807, 2.05) is 19.1 Å². The van der Waals surface area contributed by atoms with Gasteiger partial charge in [-0.15, -0.1) is 0 Å². The molecule has 0 bridgehead atoms. The van der Waals surface area contributed by atoms with E-state index in [-0.39, 0.29) is 0 Å². The van der Waals surface area contributed by atoms with Gasteiger partial charge in [0.15, 0.2) is 0 Å². The second kappa shape index (κ2) is 6.66. The van der Waals surface area contributed by atoms with Crippen molar-refractivity contribution in [2.24, 2.45) is 5.92 Å². The standard InChI is InChI=1S/C18H21N5/c1-13-5-4-10-23(12-13)17-16(14(2)21-18(19)22-17)8-7-15-6-3-9-20-11-15/h3,6,9,11,13H,4-5,10,12H2,1-2H3,(H2,19,21,22). The lowest BCUT2D eigenvalue weighted by Crippen LogP contribution is -2.35. The second-order valence-electron chi connectivity index (χ2n) is 6.05. The van der Waals surface area contributed by atoms with Crippen molar-refractivity contribution in [2.45, 2.75) is 26.7 Å². The highest BCUT2D eigenvalue weighted by Gasteiger charge is 2.21. The third-order valence-electron chi connectivity index (χ3n) is 4.04. The van der Waals surface area contributed by atoms with E-state index >= 15 is 0 Å². The molecule has 0 spiro atoms. The van der Waals surface area contributed by atoms with Gasteiger partial charge in [0.1, 0.15) is 5.82 Å². The lowest BCUT2D eigenvalue weighted by atomic mass is 10.00. The summed E-state index contributed by atoms with van der Waals surface area (Å²) in [6.07, 6.45) is 5.92. The lowest BCUT2D eigenvalue weighted by molar-refractivity contribution is 0.444. The van der Waals surface area contributed by atoms with E-state index in [4.69, 9.17) is 5.73 Å². The van der Waals surface area contributed by atoms with Crippen molar-refractivity contribution < 1.29 is 0 Å². The number of aromatic nitrogens is 3. The summed E-state index contributed by atoms with van der Waals surface area (Å²) in [5.41, 5.74) is 8.43. The SMILES string of the molecule is Cc1nc(N)nc(N2CCCC(C)C2)c1C#Cc1cccnc1. The van der Waals surface area contributed by atoms with Crippen LogP contribution in [0.2, 0.25) is 0 Å². The van der Waals surface area contributed by atoms with Gasteiger partial charge in [-0.2, -0.15) is 4.98 Å². The fourth-order valence-corrected chi connectivity index (χ4v) is 2.91. The van der Waals surface area contributed by atoms with Crippen LogP contribution in [-0.2, 0) is 0 Å². The van der Waals surface area contributed by atoms with Crippen LogP contribution in [0.15, 0.2) is 24.5 Å². The molecular formula is C18H21N5. The van der Waals surface area contributed by atoms with Crippen molar-refractivity contribution >= 4 is 11.8 Å². The summed E-state index contributed by atoms with van der Waals surface area (Å²) in [6.45, 7) is 6.17. The summed E-state index contributed by atoms with van der Waals surface area (Å²) >= 11 is 0. The first-order valence-electron chi connectivity index (χ1n) is 7.94. The summed E-state index contributed by atoms with van der Waals surface area (Å²) in [5.74, 6) is 8.20. The highest BCUT2D eigenvalue weighted by molar-refractivity contribution is 5.61. The van der Waals surface area contributed by atoms with Crippen molar-refractivity contribution in [1.29, 1.82) is 0 Å². The lowest BCUT2D eigenvalue weighted by Gasteiger charge is -2.32. The number of anilines is 2. The fraction of sp³-hybridized carbons (Fsp3) is 0.389.